The van der Waals surface area contributed by atoms with Crippen LogP contribution in [0.3, 0.4) is 0 Å². The van der Waals surface area contributed by atoms with E-state index in [4.69, 9.17) is 5.73 Å². The van der Waals surface area contributed by atoms with Crippen molar-refractivity contribution in [3.05, 3.63) is 23.4 Å². The van der Waals surface area contributed by atoms with Gasteiger partial charge in [0.2, 0.25) is 5.95 Å². The lowest BCUT2D eigenvalue weighted by Crippen LogP contribution is -2.05. The summed E-state index contributed by atoms with van der Waals surface area (Å²) in [6.45, 7) is 6.77. The fourth-order valence-corrected chi connectivity index (χ4v) is 1.04. The molecule has 0 atom stereocenters. The first kappa shape index (κ1) is 10.5. The van der Waals surface area contributed by atoms with Crippen LogP contribution in [0.2, 0.25) is 0 Å². The maximum absolute atomic E-state index is 5.51. The highest BCUT2D eigenvalue weighted by Gasteiger charge is 1.96. The minimum Gasteiger partial charge on any atom is -0.368 e. The van der Waals surface area contributed by atoms with Crippen molar-refractivity contribution in [2.75, 3.05) is 17.6 Å². The Bertz CT molecular complexity index is 320. The zero-order valence-electron chi connectivity index (χ0n) is 8.83. The first-order chi connectivity index (χ1) is 6.58. The number of aromatic nitrogens is 2. The van der Waals surface area contributed by atoms with Gasteiger partial charge >= 0.3 is 0 Å². The van der Waals surface area contributed by atoms with Crippen LogP contribution in [0.15, 0.2) is 17.7 Å². The molecule has 4 nitrogen and oxygen atoms in total. The van der Waals surface area contributed by atoms with Crippen molar-refractivity contribution in [2.45, 2.75) is 20.8 Å². The van der Waals surface area contributed by atoms with Crippen LogP contribution >= 0.6 is 0 Å². The van der Waals surface area contributed by atoms with Crippen LogP contribution in [0.25, 0.3) is 0 Å². The summed E-state index contributed by atoms with van der Waals surface area (Å²) in [4.78, 5) is 8.05. The zero-order chi connectivity index (χ0) is 10.6. The fourth-order valence-electron chi connectivity index (χ4n) is 1.04. The van der Waals surface area contributed by atoms with Gasteiger partial charge in [-0.15, -0.1) is 0 Å². The Balaban J connectivity index is 2.63. The van der Waals surface area contributed by atoms with Crippen LogP contribution < -0.4 is 11.1 Å². The minimum atomic E-state index is 0.310. The van der Waals surface area contributed by atoms with Gasteiger partial charge < -0.3 is 11.1 Å². The van der Waals surface area contributed by atoms with Crippen molar-refractivity contribution in [2.24, 2.45) is 0 Å². The Hall–Kier alpha value is -1.58. The number of allylic oxidation sites excluding steroid dienone is 1. The maximum Gasteiger partial charge on any atom is 0.222 e. The predicted octanol–water partition coefficient (Wildman–Crippen LogP) is 1.75. The van der Waals surface area contributed by atoms with Crippen LogP contribution in [0.5, 0.6) is 0 Å². The van der Waals surface area contributed by atoms with E-state index in [2.05, 4.69) is 35.2 Å². The van der Waals surface area contributed by atoms with Crippen LogP contribution in [0.4, 0.5) is 11.8 Å². The third kappa shape index (κ3) is 3.43. The van der Waals surface area contributed by atoms with Gasteiger partial charge in [-0.2, -0.15) is 4.98 Å². The first-order valence-electron chi connectivity index (χ1n) is 4.56. The Morgan fingerprint density at radius 3 is 2.79 bits per heavy atom. The van der Waals surface area contributed by atoms with Gasteiger partial charge in [0.1, 0.15) is 5.82 Å². The third-order valence-electron chi connectivity index (χ3n) is 1.67. The smallest absolute Gasteiger partial charge is 0.222 e. The maximum atomic E-state index is 5.51. The Labute approximate surface area is 84.3 Å². The second-order valence-electron chi connectivity index (χ2n) is 3.42. The van der Waals surface area contributed by atoms with Gasteiger partial charge in [0.15, 0.2) is 0 Å². The summed E-state index contributed by atoms with van der Waals surface area (Å²) < 4.78 is 0. The monoisotopic (exact) mass is 192 g/mol. The molecular formula is C10H16N4. The lowest BCUT2D eigenvalue weighted by atomic mass is 10.3. The molecule has 3 N–H and O–H groups in total. The van der Waals surface area contributed by atoms with Crippen molar-refractivity contribution >= 4 is 11.8 Å². The third-order valence-corrected chi connectivity index (χ3v) is 1.67. The molecule has 0 aliphatic rings. The molecule has 1 rings (SSSR count). The summed E-state index contributed by atoms with van der Waals surface area (Å²) in [5, 5.41) is 3.15. The van der Waals surface area contributed by atoms with Crippen LogP contribution in [0.1, 0.15) is 19.5 Å². The summed E-state index contributed by atoms with van der Waals surface area (Å²) in [7, 11) is 0. The predicted molar refractivity (Wildman–Crippen MR) is 59.1 cm³/mol. The number of nitrogen functional groups attached to an aromatic ring is 1. The average molecular weight is 192 g/mol. The molecule has 1 aromatic heterocycles. The summed E-state index contributed by atoms with van der Waals surface area (Å²) >= 11 is 0. The fraction of sp³-hybridized carbons (Fsp3) is 0.400. The summed E-state index contributed by atoms with van der Waals surface area (Å²) in [6.07, 6.45) is 2.09. The summed E-state index contributed by atoms with van der Waals surface area (Å²) in [5.41, 5.74) is 7.66. The highest BCUT2D eigenvalue weighted by atomic mass is 15.1. The number of hydrogen-bond donors (Lipinski definition) is 2. The molecule has 14 heavy (non-hydrogen) atoms. The van der Waals surface area contributed by atoms with Gasteiger partial charge in [-0.05, 0) is 20.8 Å². The molecule has 0 aliphatic carbocycles. The summed E-state index contributed by atoms with van der Waals surface area (Å²) in [5.74, 6) is 1.08. The molecular weight excluding hydrogens is 176 g/mol. The highest BCUT2D eigenvalue weighted by Crippen LogP contribution is 2.06. The van der Waals surface area contributed by atoms with Crippen molar-refractivity contribution < 1.29 is 0 Å². The van der Waals surface area contributed by atoms with E-state index in [1.54, 1.807) is 0 Å². The van der Waals surface area contributed by atoms with Crippen molar-refractivity contribution in [3.63, 3.8) is 0 Å². The molecule has 4 heteroatoms. The second kappa shape index (κ2) is 4.60. The van der Waals surface area contributed by atoms with E-state index in [1.807, 2.05) is 13.0 Å². The molecule has 1 aromatic rings. The molecule has 0 amide bonds. The molecule has 76 valence electrons. The van der Waals surface area contributed by atoms with Gasteiger partial charge in [-0.1, -0.05) is 11.6 Å². The first-order valence-corrected chi connectivity index (χ1v) is 4.56. The zero-order valence-corrected chi connectivity index (χ0v) is 8.83. The lowest BCUT2D eigenvalue weighted by molar-refractivity contribution is 1.10. The van der Waals surface area contributed by atoms with E-state index in [1.165, 1.54) is 5.57 Å². The molecule has 0 unspecified atom stereocenters. The number of rotatable bonds is 3. The van der Waals surface area contributed by atoms with Crippen molar-refractivity contribution in [1.82, 2.24) is 9.97 Å². The van der Waals surface area contributed by atoms with Crippen LogP contribution in [0, 0.1) is 6.92 Å². The van der Waals surface area contributed by atoms with Gasteiger partial charge in [0.25, 0.3) is 0 Å². The summed E-state index contributed by atoms with van der Waals surface area (Å²) in [6, 6.07) is 1.87. The molecule has 1 heterocycles. The topological polar surface area (TPSA) is 63.8 Å². The Kier molecular flexibility index (Phi) is 3.45. The quantitative estimate of drug-likeness (QED) is 0.716. The van der Waals surface area contributed by atoms with Gasteiger partial charge in [0.05, 0.1) is 0 Å². The molecule has 0 radical (unpaired) electrons. The number of aryl methyl sites for hydroxylation is 1. The standard InChI is InChI=1S/C10H16N4/c1-7(2)4-5-12-9-6-8(3)13-10(11)14-9/h4,6H,5H2,1-3H3,(H3,11,12,13,14). The minimum absolute atomic E-state index is 0.310. The SMILES string of the molecule is CC(C)=CCNc1cc(C)nc(N)n1. The van der Waals surface area contributed by atoms with E-state index >= 15 is 0 Å². The largest absolute Gasteiger partial charge is 0.368 e. The Morgan fingerprint density at radius 1 is 1.50 bits per heavy atom. The molecule has 0 aromatic carbocycles. The van der Waals surface area contributed by atoms with Gasteiger partial charge in [-0.3, -0.25) is 0 Å². The highest BCUT2D eigenvalue weighted by molar-refractivity contribution is 5.40. The van der Waals surface area contributed by atoms with E-state index in [0.29, 0.717) is 5.95 Å². The van der Waals surface area contributed by atoms with E-state index in [-0.39, 0.29) is 0 Å². The van der Waals surface area contributed by atoms with Crippen LogP contribution in [-0.2, 0) is 0 Å². The van der Waals surface area contributed by atoms with Crippen molar-refractivity contribution in [3.8, 4) is 0 Å². The second-order valence-corrected chi connectivity index (χ2v) is 3.42. The normalized spacial score (nSPS) is 9.64. The molecule has 0 saturated heterocycles. The molecule has 0 fully saturated rings. The number of nitrogens with two attached hydrogens (primary N) is 1. The molecule has 0 bridgehead atoms. The van der Waals surface area contributed by atoms with E-state index in [9.17, 15) is 0 Å². The van der Waals surface area contributed by atoms with Crippen molar-refractivity contribution in [1.29, 1.82) is 0 Å². The average Bonchev–Trinajstić information content (AvgIpc) is 2.01. The lowest BCUT2D eigenvalue weighted by Gasteiger charge is -2.04. The number of anilines is 2. The van der Waals surface area contributed by atoms with Gasteiger partial charge in [0, 0.05) is 18.3 Å². The number of nitrogens with zero attached hydrogens (tertiary/aromatic N) is 2. The number of hydrogen-bond acceptors (Lipinski definition) is 4. The molecule has 0 aliphatic heterocycles. The Morgan fingerprint density at radius 2 is 2.21 bits per heavy atom. The number of nitrogens with one attached hydrogen (secondary N) is 1. The van der Waals surface area contributed by atoms with E-state index < -0.39 is 0 Å². The van der Waals surface area contributed by atoms with Gasteiger partial charge in [-0.25, -0.2) is 4.98 Å². The molecule has 0 spiro atoms. The van der Waals surface area contributed by atoms with E-state index in [0.717, 1.165) is 18.1 Å². The van der Waals surface area contributed by atoms with Crippen LogP contribution in [-0.4, -0.2) is 16.5 Å². The molecule has 0 saturated carbocycles.